The largest absolute Gasteiger partial charge is 0.755 e. The van der Waals surface area contributed by atoms with Gasteiger partial charge in [0.15, 0.2) is 0 Å². The number of methoxy groups -OCH3 is 1. The van der Waals surface area contributed by atoms with Gasteiger partial charge in [0.05, 0.1) is 30.8 Å². The first-order valence-corrected chi connectivity index (χ1v) is 21.1. The SMILES string of the molecule is C=CC1C[C@]1(NC(=O)[C@@H]1C[C@@H](Oc2cc(-c3ccccc3)cc3cc(OC)ccc23)CN1C(=O)[C@@H](CC(=O)N1CCCCC1)C(C)(C)C)C(=O)N(C1CC1)S(=O)[O-]. The number of carbonyl (C=O) groups is 4. The molecule has 0 aromatic heterocycles. The average molecular weight is 798 g/mol. The summed E-state index contributed by atoms with van der Waals surface area (Å²) >= 11 is -2.82. The molecule has 4 fully saturated rings. The quantitative estimate of drug-likeness (QED) is 0.169. The number of amides is 4. The van der Waals surface area contributed by atoms with E-state index in [1.165, 1.54) is 4.90 Å². The Labute approximate surface area is 337 Å². The molecule has 12 nitrogen and oxygen atoms in total. The van der Waals surface area contributed by atoms with Gasteiger partial charge in [0.2, 0.25) is 17.7 Å². The predicted octanol–water partition coefficient (Wildman–Crippen LogP) is 5.77. The number of hydrogen-bond acceptors (Lipinski definition) is 8. The molecule has 1 N–H and O–H groups in total. The fraction of sp³-hybridized carbons (Fsp3) is 0.500. The van der Waals surface area contributed by atoms with E-state index < -0.39 is 64.1 Å². The lowest BCUT2D eigenvalue weighted by molar-refractivity contribution is -0.149. The van der Waals surface area contributed by atoms with Crippen LogP contribution < -0.4 is 14.8 Å². The van der Waals surface area contributed by atoms with Crippen molar-refractivity contribution in [3.8, 4) is 22.6 Å². The minimum absolute atomic E-state index is 0.00306. The Morgan fingerprint density at radius 2 is 1.75 bits per heavy atom. The first kappa shape index (κ1) is 40.4. The number of hydrogen-bond donors (Lipinski definition) is 1. The van der Waals surface area contributed by atoms with Gasteiger partial charge in [-0.15, -0.1) is 6.58 Å². The van der Waals surface area contributed by atoms with Gasteiger partial charge in [-0.1, -0.05) is 57.2 Å². The van der Waals surface area contributed by atoms with E-state index in [-0.39, 0.29) is 37.6 Å². The number of fused-ring (bicyclic) bond motifs is 1. The van der Waals surface area contributed by atoms with Crippen LogP contribution in [-0.2, 0) is 30.4 Å². The monoisotopic (exact) mass is 797 g/mol. The van der Waals surface area contributed by atoms with Crippen molar-refractivity contribution in [2.75, 3.05) is 26.7 Å². The first-order valence-electron chi connectivity index (χ1n) is 20.0. The third kappa shape index (κ3) is 8.46. The highest BCUT2D eigenvalue weighted by molar-refractivity contribution is 7.77. The van der Waals surface area contributed by atoms with E-state index in [0.29, 0.717) is 37.4 Å². The Morgan fingerprint density at radius 1 is 1.04 bits per heavy atom. The number of likely N-dealkylation sites (tertiary alicyclic amines) is 2. The summed E-state index contributed by atoms with van der Waals surface area (Å²) < 4.78 is 37.7. The standard InChI is InChI=1S/C44H54N4O8S/c1-6-31-26-44(31,42(52)48(57(53)54)32-15-16-32)45-40(50)37-24-34(27-47(37)41(51)36(43(2,3)4)25-39(49)46-19-11-8-12-20-46)56-38-23-29(28-13-9-7-10-14-28)21-30-22-33(55-5)17-18-35(30)38/h6-7,9-10,13-14,17-18,21-23,31-32,34,36-37H,1,8,11-12,15-16,19-20,24-27H2,2-5H3,(H,45,50)(H,53,54)/p-1/t31?,34-,36-,37+,44-/m1/s1. The molecule has 3 aromatic rings. The van der Waals surface area contributed by atoms with E-state index in [1.54, 1.807) is 13.2 Å². The van der Waals surface area contributed by atoms with Gasteiger partial charge >= 0.3 is 0 Å². The molecule has 7 rings (SSSR count). The summed E-state index contributed by atoms with van der Waals surface area (Å²) in [5.41, 5.74) is -0.236. The zero-order chi connectivity index (χ0) is 40.6. The Bertz CT molecular complexity index is 2060. The molecule has 57 heavy (non-hydrogen) atoms. The van der Waals surface area contributed by atoms with Crippen molar-refractivity contribution < 1.29 is 37.4 Å². The molecule has 2 saturated heterocycles. The number of ether oxygens (including phenoxy) is 2. The molecule has 2 unspecified atom stereocenters. The molecule has 2 aliphatic carbocycles. The maximum atomic E-state index is 14.9. The molecule has 2 aliphatic heterocycles. The minimum Gasteiger partial charge on any atom is -0.755 e. The zero-order valence-corrected chi connectivity index (χ0v) is 34.1. The van der Waals surface area contributed by atoms with Crippen LogP contribution in [0.5, 0.6) is 11.5 Å². The van der Waals surface area contributed by atoms with E-state index in [0.717, 1.165) is 45.5 Å². The van der Waals surface area contributed by atoms with Crippen LogP contribution in [-0.4, -0.2) is 97.0 Å². The van der Waals surface area contributed by atoms with Crippen LogP contribution >= 0.6 is 0 Å². The maximum Gasteiger partial charge on any atom is 0.260 e. The Kier molecular flexibility index (Phi) is 11.5. The van der Waals surface area contributed by atoms with Gasteiger partial charge in [-0.05, 0) is 90.8 Å². The molecule has 0 spiro atoms. The number of carbonyl (C=O) groups excluding carboxylic acids is 4. The summed E-state index contributed by atoms with van der Waals surface area (Å²) in [4.78, 5) is 60.5. The van der Waals surface area contributed by atoms with E-state index >= 15 is 0 Å². The van der Waals surface area contributed by atoms with Crippen molar-refractivity contribution in [3.05, 3.63) is 73.3 Å². The highest BCUT2D eigenvalue weighted by atomic mass is 32.2. The second kappa shape index (κ2) is 16.2. The van der Waals surface area contributed by atoms with Crippen LogP contribution in [0.25, 0.3) is 21.9 Å². The number of benzene rings is 3. The average Bonchev–Trinajstić information content (AvgIpc) is 4.12. The van der Waals surface area contributed by atoms with Gasteiger partial charge in [-0.2, -0.15) is 0 Å². The number of nitrogens with one attached hydrogen (secondary N) is 1. The Balaban J connectivity index is 1.22. The second-order valence-electron chi connectivity index (χ2n) is 17.1. The third-order valence-electron chi connectivity index (χ3n) is 12.1. The molecule has 304 valence electrons. The Morgan fingerprint density at radius 3 is 2.37 bits per heavy atom. The molecule has 6 atom stereocenters. The summed E-state index contributed by atoms with van der Waals surface area (Å²) in [6.07, 6.45) is 5.23. The molecule has 4 aliphatic rings. The minimum atomic E-state index is -2.82. The van der Waals surface area contributed by atoms with E-state index in [4.69, 9.17) is 9.47 Å². The van der Waals surface area contributed by atoms with Crippen LogP contribution in [0, 0.1) is 17.3 Å². The lowest BCUT2D eigenvalue weighted by Gasteiger charge is -2.37. The van der Waals surface area contributed by atoms with E-state index in [1.807, 2.05) is 80.3 Å². The molecule has 4 amide bonds. The lowest BCUT2D eigenvalue weighted by Crippen LogP contribution is -2.57. The topological polar surface area (TPSA) is 149 Å². The summed E-state index contributed by atoms with van der Waals surface area (Å²) in [5, 5.41) is 4.63. The summed E-state index contributed by atoms with van der Waals surface area (Å²) in [5.74, 6) is -1.68. The molecule has 3 aromatic carbocycles. The van der Waals surface area contributed by atoms with Crippen molar-refractivity contribution in [1.82, 2.24) is 19.4 Å². The van der Waals surface area contributed by atoms with Gasteiger partial charge in [0, 0.05) is 43.3 Å². The van der Waals surface area contributed by atoms with Crippen molar-refractivity contribution in [2.45, 2.75) is 95.9 Å². The normalized spacial score (nSPS) is 24.3. The maximum absolute atomic E-state index is 14.9. The third-order valence-corrected chi connectivity index (χ3v) is 12.9. The first-order chi connectivity index (χ1) is 27.2. The number of nitrogens with zero attached hydrogens (tertiary/aromatic N) is 3. The van der Waals surface area contributed by atoms with Crippen LogP contribution in [0.2, 0.25) is 0 Å². The molecule has 2 heterocycles. The van der Waals surface area contributed by atoms with Crippen LogP contribution in [0.3, 0.4) is 0 Å². The highest BCUT2D eigenvalue weighted by Gasteiger charge is 2.63. The van der Waals surface area contributed by atoms with E-state index in [2.05, 4.69) is 18.0 Å². The van der Waals surface area contributed by atoms with Crippen molar-refractivity contribution in [1.29, 1.82) is 0 Å². The molecule has 0 bridgehead atoms. The van der Waals surface area contributed by atoms with Crippen molar-refractivity contribution in [2.24, 2.45) is 17.3 Å². The fourth-order valence-electron chi connectivity index (χ4n) is 8.48. The number of piperidine rings is 1. The predicted molar refractivity (Wildman–Crippen MR) is 216 cm³/mol. The van der Waals surface area contributed by atoms with Gasteiger partial charge in [-0.3, -0.25) is 27.7 Å². The summed E-state index contributed by atoms with van der Waals surface area (Å²) in [6.45, 7) is 11.0. The second-order valence-corrected chi connectivity index (χ2v) is 17.9. The van der Waals surface area contributed by atoms with Gasteiger partial charge in [-0.25, -0.2) is 0 Å². The van der Waals surface area contributed by atoms with Crippen molar-refractivity contribution >= 4 is 45.7 Å². The smallest absolute Gasteiger partial charge is 0.260 e. The van der Waals surface area contributed by atoms with Crippen LogP contribution in [0.15, 0.2) is 73.3 Å². The van der Waals surface area contributed by atoms with Gasteiger partial charge < -0.3 is 29.1 Å². The number of rotatable bonds is 13. The van der Waals surface area contributed by atoms with Gasteiger partial charge in [0.25, 0.3) is 5.91 Å². The fourth-order valence-corrected chi connectivity index (χ4v) is 9.23. The summed E-state index contributed by atoms with van der Waals surface area (Å²) in [7, 11) is 1.61. The molecular weight excluding hydrogens is 745 g/mol. The highest BCUT2D eigenvalue weighted by Crippen LogP contribution is 2.48. The molecule has 0 radical (unpaired) electrons. The molecule has 2 saturated carbocycles. The van der Waals surface area contributed by atoms with E-state index in [9.17, 15) is 27.9 Å². The molecule has 13 heteroatoms. The lowest BCUT2D eigenvalue weighted by atomic mass is 9.77. The molecular formula is C44H53N4O8S-. The van der Waals surface area contributed by atoms with Gasteiger partial charge in [0.1, 0.15) is 29.2 Å². The van der Waals surface area contributed by atoms with Crippen LogP contribution in [0.1, 0.15) is 72.1 Å². The van der Waals surface area contributed by atoms with Crippen LogP contribution in [0.4, 0.5) is 0 Å². The summed E-state index contributed by atoms with van der Waals surface area (Å²) in [6, 6.07) is 18.1. The Hall–Kier alpha value is -4.75. The van der Waals surface area contributed by atoms with Crippen molar-refractivity contribution in [3.63, 3.8) is 0 Å². The zero-order valence-electron chi connectivity index (χ0n) is 33.2.